The Balaban J connectivity index is 1.42. The van der Waals surface area contributed by atoms with E-state index in [4.69, 9.17) is 11.6 Å². The number of imidazole rings is 1. The van der Waals surface area contributed by atoms with Crippen molar-refractivity contribution < 1.29 is 17.6 Å². The van der Waals surface area contributed by atoms with Crippen LogP contribution < -0.4 is 5.32 Å². The lowest BCUT2D eigenvalue weighted by molar-refractivity contribution is 0.0946. The summed E-state index contributed by atoms with van der Waals surface area (Å²) in [5.74, 6) is -0.913. The van der Waals surface area contributed by atoms with Gasteiger partial charge in [-0.1, -0.05) is 24.1 Å². The predicted octanol–water partition coefficient (Wildman–Crippen LogP) is 3.77. The third-order valence-corrected chi connectivity index (χ3v) is 7.54. The van der Waals surface area contributed by atoms with Crippen LogP contribution in [0.3, 0.4) is 0 Å². The summed E-state index contributed by atoms with van der Waals surface area (Å²) in [5, 5.41) is 2.70. The Morgan fingerprint density at radius 2 is 1.81 bits per heavy atom. The van der Waals surface area contributed by atoms with Crippen LogP contribution in [0.5, 0.6) is 0 Å². The molecule has 0 aliphatic carbocycles. The number of carbonyl (C=O) groups is 1. The number of carbonyl (C=O) groups excluding carboxylic acids is 1. The first kappa shape index (κ1) is 22.4. The number of sulfonamides is 1. The summed E-state index contributed by atoms with van der Waals surface area (Å²) in [5.41, 5.74) is 1.54. The van der Waals surface area contributed by atoms with Crippen LogP contribution in [-0.2, 0) is 16.6 Å². The molecule has 0 spiro atoms. The molecule has 3 aromatic rings. The van der Waals surface area contributed by atoms with Gasteiger partial charge < -0.3 is 9.88 Å². The standard InChI is InChI=1S/C22H22ClFN4O3S/c23-19-12-16(4-9-20(19)24)13-25-22(29)21-14-27(15-26-21)17-5-7-18(8-6-17)32(30,31)28-10-2-1-3-11-28/h4-9,12,14-15H,1-3,10-11,13H2,(H,25,29). The zero-order valence-electron chi connectivity index (χ0n) is 17.2. The second-order valence-corrected chi connectivity index (χ2v) is 9.90. The Hall–Kier alpha value is -2.75. The van der Waals surface area contributed by atoms with E-state index in [0.717, 1.165) is 19.3 Å². The summed E-state index contributed by atoms with van der Waals surface area (Å²) in [6.45, 7) is 1.27. The molecule has 1 aromatic heterocycles. The van der Waals surface area contributed by atoms with Crippen molar-refractivity contribution in [3.8, 4) is 5.69 Å². The molecule has 0 saturated carbocycles. The number of benzene rings is 2. The fourth-order valence-corrected chi connectivity index (χ4v) is 5.27. The molecule has 1 fully saturated rings. The molecule has 2 heterocycles. The zero-order chi connectivity index (χ0) is 22.7. The first-order valence-electron chi connectivity index (χ1n) is 10.2. The summed E-state index contributed by atoms with van der Waals surface area (Å²) in [6, 6.07) is 10.7. The van der Waals surface area contributed by atoms with Gasteiger partial charge in [0.2, 0.25) is 10.0 Å². The van der Waals surface area contributed by atoms with E-state index < -0.39 is 21.7 Å². The number of piperidine rings is 1. The third kappa shape index (κ3) is 4.85. The molecule has 0 radical (unpaired) electrons. The molecule has 4 rings (SSSR count). The topological polar surface area (TPSA) is 84.3 Å². The van der Waals surface area contributed by atoms with Gasteiger partial charge >= 0.3 is 0 Å². The van der Waals surface area contributed by atoms with Crippen molar-refractivity contribution in [2.24, 2.45) is 0 Å². The van der Waals surface area contributed by atoms with E-state index in [0.29, 0.717) is 24.3 Å². The summed E-state index contributed by atoms with van der Waals surface area (Å²) in [4.78, 5) is 16.8. The van der Waals surface area contributed by atoms with Crippen LogP contribution >= 0.6 is 11.6 Å². The quantitative estimate of drug-likeness (QED) is 0.587. The molecule has 1 aliphatic rings. The van der Waals surface area contributed by atoms with E-state index in [2.05, 4.69) is 10.3 Å². The van der Waals surface area contributed by atoms with E-state index in [1.807, 2.05) is 0 Å². The maximum atomic E-state index is 13.2. The van der Waals surface area contributed by atoms with Crippen LogP contribution in [0.4, 0.5) is 4.39 Å². The highest BCUT2D eigenvalue weighted by Gasteiger charge is 2.25. The SMILES string of the molecule is O=C(NCc1ccc(F)c(Cl)c1)c1cn(-c2ccc(S(=O)(=O)N3CCCCC3)cc2)cn1. The van der Waals surface area contributed by atoms with Crippen molar-refractivity contribution in [2.45, 2.75) is 30.7 Å². The number of hydrogen-bond donors (Lipinski definition) is 1. The second-order valence-electron chi connectivity index (χ2n) is 7.56. The largest absolute Gasteiger partial charge is 0.347 e. The van der Waals surface area contributed by atoms with Gasteiger partial charge in [-0.2, -0.15) is 4.31 Å². The van der Waals surface area contributed by atoms with Crippen molar-refractivity contribution in [3.63, 3.8) is 0 Å². The van der Waals surface area contributed by atoms with Gasteiger partial charge in [0.25, 0.3) is 5.91 Å². The van der Waals surface area contributed by atoms with Gasteiger partial charge in [-0.05, 0) is 54.8 Å². The third-order valence-electron chi connectivity index (χ3n) is 5.34. The van der Waals surface area contributed by atoms with Gasteiger partial charge in [-0.15, -0.1) is 0 Å². The number of hydrogen-bond acceptors (Lipinski definition) is 4. The molecular weight excluding hydrogens is 455 g/mol. The van der Waals surface area contributed by atoms with Crippen LogP contribution in [-0.4, -0.2) is 41.3 Å². The summed E-state index contributed by atoms with van der Waals surface area (Å²) in [6.07, 6.45) is 5.86. The van der Waals surface area contributed by atoms with Crippen LogP contribution in [0, 0.1) is 5.82 Å². The lowest BCUT2D eigenvalue weighted by Crippen LogP contribution is -2.35. The minimum atomic E-state index is -3.50. The van der Waals surface area contributed by atoms with Gasteiger partial charge in [0.1, 0.15) is 17.8 Å². The highest BCUT2D eigenvalue weighted by molar-refractivity contribution is 7.89. The van der Waals surface area contributed by atoms with Crippen molar-refractivity contribution in [3.05, 3.63) is 77.1 Å². The first-order valence-corrected chi connectivity index (χ1v) is 12.0. The summed E-state index contributed by atoms with van der Waals surface area (Å²) in [7, 11) is -3.50. The predicted molar refractivity (Wildman–Crippen MR) is 119 cm³/mol. The van der Waals surface area contributed by atoms with Gasteiger partial charge in [-0.25, -0.2) is 17.8 Å². The van der Waals surface area contributed by atoms with E-state index >= 15 is 0 Å². The maximum Gasteiger partial charge on any atom is 0.271 e. The average Bonchev–Trinajstić information content (AvgIpc) is 3.31. The molecule has 168 valence electrons. The number of rotatable bonds is 6. The maximum absolute atomic E-state index is 13.2. The minimum Gasteiger partial charge on any atom is -0.347 e. The molecule has 2 aromatic carbocycles. The summed E-state index contributed by atoms with van der Waals surface area (Å²) < 4.78 is 42.0. The zero-order valence-corrected chi connectivity index (χ0v) is 18.7. The number of amides is 1. The van der Waals surface area contributed by atoms with Gasteiger partial charge in [0, 0.05) is 31.5 Å². The van der Waals surface area contributed by atoms with Gasteiger partial charge in [0.15, 0.2) is 0 Å². The molecule has 7 nitrogen and oxygen atoms in total. The molecule has 32 heavy (non-hydrogen) atoms. The Bertz CT molecular complexity index is 1220. The highest BCUT2D eigenvalue weighted by Crippen LogP contribution is 2.22. The monoisotopic (exact) mass is 476 g/mol. The van der Waals surface area contributed by atoms with Crippen LogP contribution in [0.25, 0.3) is 5.69 Å². The molecule has 1 amide bonds. The average molecular weight is 477 g/mol. The number of aromatic nitrogens is 2. The Labute approximate surface area is 190 Å². The van der Waals surface area contributed by atoms with E-state index in [9.17, 15) is 17.6 Å². The summed E-state index contributed by atoms with van der Waals surface area (Å²) >= 11 is 5.76. The lowest BCUT2D eigenvalue weighted by Gasteiger charge is -2.25. The molecule has 10 heteroatoms. The number of halogens is 2. The minimum absolute atomic E-state index is 0.00762. The van der Waals surface area contributed by atoms with Crippen LogP contribution in [0.1, 0.15) is 35.3 Å². The molecule has 1 saturated heterocycles. The fraction of sp³-hybridized carbons (Fsp3) is 0.273. The van der Waals surface area contributed by atoms with Crippen molar-refractivity contribution in [2.75, 3.05) is 13.1 Å². The highest BCUT2D eigenvalue weighted by atomic mass is 35.5. The molecular formula is C22H22ClFN4O3S. The Morgan fingerprint density at radius 3 is 2.50 bits per heavy atom. The van der Waals surface area contributed by atoms with E-state index in [-0.39, 0.29) is 22.2 Å². The Kier molecular flexibility index (Phi) is 6.59. The smallest absolute Gasteiger partial charge is 0.271 e. The lowest BCUT2D eigenvalue weighted by atomic mass is 10.2. The second kappa shape index (κ2) is 9.40. The molecule has 0 bridgehead atoms. The normalized spacial score (nSPS) is 14.9. The van der Waals surface area contributed by atoms with Gasteiger partial charge in [-0.3, -0.25) is 4.79 Å². The number of nitrogens with one attached hydrogen (secondary N) is 1. The fourth-order valence-electron chi connectivity index (χ4n) is 3.55. The molecule has 0 atom stereocenters. The van der Waals surface area contributed by atoms with E-state index in [1.165, 1.54) is 22.8 Å². The van der Waals surface area contributed by atoms with Crippen molar-refractivity contribution in [1.29, 1.82) is 0 Å². The number of nitrogens with zero attached hydrogens (tertiary/aromatic N) is 3. The first-order chi connectivity index (χ1) is 15.3. The molecule has 1 aliphatic heterocycles. The van der Waals surface area contributed by atoms with Gasteiger partial charge in [0.05, 0.1) is 9.92 Å². The molecule has 0 unspecified atom stereocenters. The van der Waals surface area contributed by atoms with Crippen LogP contribution in [0.2, 0.25) is 5.02 Å². The van der Waals surface area contributed by atoms with Crippen molar-refractivity contribution in [1.82, 2.24) is 19.2 Å². The van der Waals surface area contributed by atoms with Crippen LogP contribution in [0.15, 0.2) is 59.9 Å². The molecule has 1 N–H and O–H groups in total. The van der Waals surface area contributed by atoms with E-state index in [1.54, 1.807) is 41.1 Å². The van der Waals surface area contributed by atoms with Crippen molar-refractivity contribution >= 4 is 27.5 Å². The Morgan fingerprint density at radius 1 is 1.09 bits per heavy atom.